The van der Waals surface area contributed by atoms with Gasteiger partial charge in [0.15, 0.2) is 0 Å². The van der Waals surface area contributed by atoms with E-state index in [0.29, 0.717) is 36.9 Å². The highest BCUT2D eigenvalue weighted by atomic mass is 32.2. The summed E-state index contributed by atoms with van der Waals surface area (Å²) >= 11 is 0. The molecule has 1 saturated heterocycles. The third kappa shape index (κ3) is 4.46. The third-order valence-corrected chi connectivity index (χ3v) is 7.76. The zero-order valence-corrected chi connectivity index (χ0v) is 16.6. The molecule has 1 N–H and O–H groups in total. The number of hydrogen-bond donors (Lipinski definition) is 1. The Kier molecular flexibility index (Phi) is 6.03. The minimum Gasteiger partial charge on any atom is -0.353 e. The van der Waals surface area contributed by atoms with Crippen molar-refractivity contribution in [3.63, 3.8) is 0 Å². The average Bonchev–Trinajstić information content (AvgIpc) is 2.64. The van der Waals surface area contributed by atoms with Crippen LogP contribution in [-0.4, -0.2) is 37.8 Å². The molecule has 1 aliphatic heterocycles. The standard InChI is InChI=1S/C20H30N2O3S/c1-15-3-7-18(8-4-15)21-20(23)17-11-13-22(14-12-17)26(24,25)19-9-5-16(2)6-10-19/h5-6,9-10,15,17-18H,3-4,7-8,11-14H2,1-2H3,(H,21,23). The van der Waals surface area contributed by atoms with Crippen LogP contribution in [0.3, 0.4) is 0 Å². The van der Waals surface area contributed by atoms with Crippen molar-refractivity contribution in [1.82, 2.24) is 9.62 Å². The highest BCUT2D eigenvalue weighted by molar-refractivity contribution is 7.89. The summed E-state index contributed by atoms with van der Waals surface area (Å²) in [4.78, 5) is 12.9. The number of carbonyl (C=O) groups excluding carboxylic acids is 1. The molecular formula is C20H30N2O3S. The van der Waals surface area contributed by atoms with Gasteiger partial charge >= 0.3 is 0 Å². The van der Waals surface area contributed by atoms with Gasteiger partial charge in [0, 0.05) is 25.0 Å². The number of carbonyl (C=O) groups is 1. The fraction of sp³-hybridized carbons (Fsp3) is 0.650. The summed E-state index contributed by atoms with van der Waals surface area (Å²) in [5, 5.41) is 3.19. The molecule has 0 aromatic heterocycles. The Morgan fingerprint density at radius 1 is 1.00 bits per heavy atom. The van der Waals surface area contributed by atoms with Crippen molar-refractivity contribution in [3.05, 3.63) is 29.8 Å². The Morgan fingerprint density at radius 2 is 1.58 bits per heavy atom. The topological polar surface area (TPSA) is 66.5 Å². The first-order valence-corrected chi connectivity index (χ1v) is 11.2. The molecule has 0 spiro atoms. The van der Waals surface area contributed by atoms with Crippen LogP contribution in [0.5, 0.6) is 0 Å². The summed E-state index contributed by atoms with van der Waals surface area (Å²) in [6, 6.07) is 7.25. The van der Waals surface area contributed by atoms with Gasteiger partial charge in [-0.1, -0.05) is 24.6 Å². The Hall–Kier alpha value is -1.40. The van der Waals surface area contributed by atoms with Crippen molar-refractivity contribution in [2.24, 2.45) is 11.8 Å². The van der Waals surface area contributed by atoms with Crippen molar-refractivity contribution >= 4 is 15.9 Å². The largest absolute Gasteiger partial charge is 0.353 e. The van der Waals surface area contributed by atoms with E-state index in [1.54, 1.807) is 12.1 Å². The maximum absolute atomic E-state index is 12.7. The van der Waals surface area contributed by atoms with Crippen LogP contribution in [-0.2, 0) is 14.8 Å². The SMILES string of the molecule is Cc1ccc(S(=O)(=O)N2CCC(C(=O)NC3CCC(C)CC3)CC2)cc1. The van der Waals surface area contributed by atoms with E-state index >= 15 is 0 Å². The first-order chi connectivity index (χ1) is 12.4. The van der Waals surface area contributed by atoms with Crippen LogP contribution >= 0.6 is 0 Å². The summed E-state index contributed by atoms with van der Waals surface area (Å²) in [6.45, 7) is 5.03. The van der Waals surface area contributed by atoms with Crippen molar-refractivity contribution < 1.29 is 13.2 Å². The lowest BCUT2D eigenvalue weighted by Crippen LogP contribution is -2.46. The molecule has 0 atom stereocenters. The van der Waals surface area contributed by atoms with Gasteiger partial charge in [-0.15, -0.1) is 0 Å². The van der Waals surface area contributed by atoms with Crippen molar-refractivity contribution in [1.29, 1.82) is 0 Å². The summed E-state index contributed by atoms with van der Waals surface area (Å²) < 4.78 is 27.0. The molecule has 1 aliphatic carbocycles. The lowest BCUT2D eigenvalue weighted by atomic mass is 9.87. The second-order valence-corrected chi connectivity index (χ2v) is 9.89. The smallest absolute Gasteiger partial charge is 0.243 e. The van der Waals surface area contributed by atoms with Crippen LogP contribution in [0, 0.1) is 18.8 Å². The molecule has 26 heavy (non-hydrogen) atoms. The fourth-order valence-corrected chi connectivity index (χ4v) is 5.41. The van der Waals surface area contributed by atoms with Gasteiger partial charge in [0.2, 0.25) is 15.9 Å². The number of rotatable bonds is 4. The van der Waals surface area contributed by atoms with Gasteiger partial charge in [-0.3, -0.25) is 4.79 Å². The van der Waals surface area contributed by atoms with Gasteiger partial charge in [-0.25, -0.2) is 8.42 Å². The summed E-state index contributed by atoms with van der Waals surface area (Å²) in [5.41, 5.74) is 1.04. The van der Waals surface area contributed by atoms with Crippen LogP contribution < -0.4 is 5.32 Å². The van der Waals surface area contributed by atoms with Crippen LogP contribution in [0.2, 0.25) is 0 Å². The van der Waals surface area contributed by atoms with E-state index in [0.717, 1.165) is 24.3 Å². The maximum atomic E-state index is 12.7. The van der Waals surface area contributed by atoms with Gasteiger partial charge in [-0.2, -0.15) is 4.31 Å². The average molecular weight is 379 g/mol. The molecule has 144 valence electrons. The van der Waals surface area contributed by atoms with Crippen molar-refractivity contribution in [3.8, 4) is 0 Å². The van der Waals surface area contributed by atoms with Crippen LogP contribution in [0.4, 0.5) is 0 Å². The molecule has 5 nitrogen and oxygen atoms in total. The number of piperidine rings is 1. The first kappa shape index (κ1) is 19.4. The van der Waals surface area contributed by atoms with E-state index in [1.165, 1.54) is 17.1 Å². The van der Waals surface area contributed by atoms with E-state index in [9.17, 15) is 13.2 Å². The molecule has 2 fully saturated rings. The number of nitrogens with zero attached hydrogens (tertiary/aromatic N) is 1. The predicted molar refractivity (Wildman–Crippen MR) is 102 cm³/mol. The monoisotopic (exact) mass is 378 g/mol. The summed E-state index contributed by atoms with van der Waals surface area (Å²) in [7, 11) is -3.46. The second-order valence-electron chi connectivity index (χ2n) is 7.96. The zero-order valence-electron chi connectivity index (χ0n) is 15.8. The van der Waals surface area contributed by atoms with Crippen LogP contribution in [0.1, 0.15) is 51.0 Å². The van der Waals surface area contributed by atoms with Crippen LogP contribution in [0.15, 0.2) is 29.2 Å². The molecular weight excluding hydrogens is 348 g/mol. The molecule has 3 rings (SSSR count). The van der Waals surface area contributed by atoms with Gasteiger partial charge in [0.1, 0.15) is 0 Å². The van der Waals surface area contributed by atoms with E-state index in [2.05, 4.69) is 12.2 Å². The molecule has 1 saturated carbocycles. The summed E-state index contributed by atoms with van der Waals surface area (Å²) in [6.07, 6.45) is 5.68. The number of aryl methyl sites for hydroxylation is 1. The zero-order chi connectivity index (χ0) is 18.7. The molecule has 2 aliphatic rings. The van der Waals surface area contributed by atoms with Gasteiger partial charge in [-0.05, 0) is 63.5 Å². The van der Waals surface area contributed by atoms with Crippen molar-refractivity contribution in [2.45, 2.75) is 63.3 Å². The molecule has 1 aromatic carbocycles. The van der Waals surface area contributed by atoms with Crippen LogP contribution in [0.25, 0.3) is 0 Å². The second kappa shape index (κ2) is 8.09. The molecule has 6 heteroatoms. The van der Waals surface area contributed by atoms with E-state index in [-0.39, 0.29) is 11.8 Å². The van der Waals surface area contributed by atoms with Gasteiger partial charge in [0.05, 0.1) is 4.90 Å². The maximum Gasteiger partial charge on any atom is 0.243 e. The highest BCUT2D eigenvalue weighted by Gasteiger charge is 2.33. The Labute approximate surface area is 157 Å². The third-order valence-electron chi connectivity index (χ3n) is 5.85. The van der Waals surface area contributed by atoms with E-state index in [4.69, 9.17) is 0 Å². The number of sulfonamides is 1. The lowest BCUT2D eigenvalue weighted by Gasteiger charge is -2.33. The Bertz CT molecular complexity index is 714. The highest BCUT2D eigenvalue weighted by Crippen LogP contribution is 2.26. The van der Waals surface area contributed by atoms with Crippen molar-refractivity contribution in [2.75, 3.05) is 13.1 Å². The quantitative estimate of drug-likeness (QED) is 0.875. The molecule has 0 bridgehead atoms. The lowest BCUT2D eigenvalue weighted by molar-refractivity contribution is -0.127. The first-order valence-electron chi connectivity index (χ1n) is 9.73. The normalized spacial score (nSPS) is 25.8. The minimum absolute atomic E-state index is 0.0705. The molecule has 1 heterocycles. The molecule has 0 unspecified atom stereocenters. The minimum atomic E-state index is -3.46. The Balaban J connectivity index is 1.53. The van der Waals surface area contributed by atoms with E-state index < -0.39 is 10.0 Å². The summed E-state index contributed by atoms with van der Waals surface area (Å²) in [5.74, 6) is 0.800. The van der Waals surface area contributed by atoms with E-state index in [1.807, 2.05) is 19.1 Å². The molecule has 0 radical (unpaired) electrons. The molecule has 1 aromatic rings. The number of amides is 1. The van der Waals surface area contributed by atoms with Gasteiger partial charge < -0.3 is 5.32 Å². The fourth-order valence-electron chi connectivity index (χ4n) is 3.94. The number of nitrogens with one attached hydrogen (secondary N) is 1. The predicted octanol–water partition coefficient (Wildman–Crippen LogP) is 3.09. The Morgan fingerprint density at radius 3 is 2.15 bits per heavy atom. The van der Waals surface area contributed by atoms with Gasteiger partial charge in [0.25, 0.3) is 0 Å². The molecule has 1 amide bonds. The number of hydrogen-bond acceptors (Lipinski definition) is 3. The number of benzene rings is 1.